The number of nitrogens with one attached hydrogen (secondary N) is 1. The van der Waals surface area contributed by atoms with Crippen molar-refractivity contribution in [2.24, 2.45) is 0 Å². The van der Waals surface area contributed by atoms with Crippen LogP contribution in [0.5, 0.6) is 5.75 Å². The van der Waals surface area contributed by atoms with E-state index in [2.05, 4.69) is 5.32 Å². The Morgan fingerprint density at radius 1 is 1.06 bits per heavy atom. The predicted octanol–water partition coefficient (Wildman–Crippen LogP) is 2.07. The van der Waals surface area contributed by atoms with Gasteiger partial charge in [-0.05, 0) is 17.7 Å². The first-order chi connectivity index (χ1) is 15.6. The molecule has 1 fully saturated rings. The minimum atomic E-state index is -0.990. The van der Waals surface area contributed by atoms with Gasteiger partial charge in [0.15, 0.2) is 12.6 Å². The molecule has 4 rings (SSSR count). The monoisotopic (exact) mass is 454 g/mol. The lowest BCUT2D eigenvalue weighted by molar-refractivity contribution is -0.165. The zero-order valence-electron chi connectivity index (χ0n) is 17.3. The van der Waals surface area contributed by atoms with Crippen molar-refractivity contribution in [3.05, 3.63) is 77.4 Å². The van der Waals surface area contributed by atoms with E-state index in [9.17, 15) is 14.4 Å². The van der Waals surface area contributed by atoms with Crippen molar-refractivity contribution in [2.75, 3.05) is 13.7 Å². The molecule has 1 saturated heterocycles. The Morgan fingerprint density at radius 2 is 1.75 bits per heavy atom. The molecule has 2 aliphatic heterocycles. The van der Waals surface area contributed by atoms with Crippen molar-refractivity contribution >= 4 is 29.5 Å². The van der Waals surface area contributed by atoms with E-state index in [-0.39, 0.29) is 19.1 Å². The molecule has 166 valence electrons. The molecule has 2 heterocycles. The quantitative estimate of drug-likeness (QED) is 0.482. The van der Waals surface area contributed by atoms with Gasteiger partial charge in [0.1, 0.15) is 29.5 Å². The van der Waals surface area contributed by atoms with Crippen LogP contribution in [0.25, 0.3) is 0 Å². The second-order valence-corrected chi connectivity index (χ2v) is 8.13. The third kappa shape index (κ3) is 4.57. The minimum absolute atomic E-state index is 0.0873. The molecule has 0 aliphatic carbocycles. The number of fused-ring (bicyclic) bond motifs is 1. The van der Waals surface area contributed by atoms with Crippen molar-refractivity contribution < 1.29 is 28.6 Å². The molecule has 0 saturated carbocycles. The number of benzene rings is 2. The van der Waals surface area contributed by atoms with E-state index >= 15 is 0 Å². The first-order valence-corrected chi connectivity index (χ1v) is 10.9. The molecule has 0 unspecified atom stereocenters. The Kier molecular flexibility index (Phi) is 6.65. The number of esters is 1. The van der Waals surface area contributed by atoms with Crippen LogP contribution in [0.2, 0.25) is 0 Å². The molecule has 0 bridgehead atoms. The molecule has 2 aliphatic rings. The van der Waals surface area contributed by atoms with Crippen molar-refractivity contribution in [3.8, 4) is 5.75 Å². The van der Waals surface area contributed by atoms with Gasteiger partial charge in [0.25, 0.3) is 5.91 Å². The van der Waals surface area contributed by atoms with E-state index < -0.39 is 29.3 Å². The average molecular weight is 455 g/mol. The SMILES string of the molecule is COC1=CS[C@@H]2[C@H](NC(=O)COc3ccccc3)C(=O)N2[C@H]1C(=O)OCc1ccccc1. The fraction of sp³-hybridized carbons (Fsp3) is 0.261. The second-order valence-electron chi connectivity index (χ2n) is 7.14. The second kappa shape index (κ2) is 9.78. The van der Waals surface area contributed by atoms with Gasteiger partial charge in [-0.15, -0.1) is 11.8 Å². The number of β-lactam (4-membered cyclic amide) rings is 1. The molecule has 0 radical (unpaired) electrons. The number of nitrogens with zero attached hydrogens (tertiary/aromatic N) is 1. The first-order valence-electron chi connectivity index (χ1n) is 9.98. The Hall–Kier alpha value is -3.46. The van der Waals surface area contributed by atoms with E-state index in [0.29, 0.717) is 11.5 Å². The van der Waals surface area contributed by atoms with Crippen LogP contribution in [0, 0.1) is 0 Å². The van der Waals surface area contributed by atoms with Crippen LogP contribution in [-0.2, 0) is 30.5 Å². The average Bonchev–Trinajstić information content (AvgIpc) is 2.84. The van der Waals surface area contributed by atoms with Gasteiger partial charge in [-0.2, -0.15) is 0 Å². The van der Waals surface area contributed by atoms with Crippen LogP contribution in [0.4, 0.5) is 0 Å². The van der Waals surface area contributed by atoms with E-state index in [0.717, 1.165) is 5.56 Å². The first kappa shape index (κ1) is 21.8. The van der Waals surface area contributed by atoms with E-state index in [1.807, 2.05) is 36.4 Å². The zero-order valence-corrected chi connectivity index (χ0v) is 18.1. The number of methoxy groups -OCH3 is 1. The smallest absolute Gasteiger partial charge is 0.337 e. The Morgan fingerprint density at radius 3 is 2.44 bits per heavy atom. The summed E-state index contributed by atoms with van der Waals surface area (Å²) in [6, 6.07) is 16.4. The van der Waals surface area contributed by atoms with Crippen LogP contribution >= 0.6 is 11.8 Å². The number of hydrogen-bond acceptors (Lipinski definition) is 7. The van der Waals surface area contributed by atoms with Crippen LogP contribution in [0.3, 0.4) is 0 Å². The highest BCUT2D eigenvalue weighted by molar-refractivity contribution is 8.02. The van der Waals surface area contributed by atoms with Gasteiger partial charge in [0, 0.05) is 5.41 Å². The summed E-state index contributed by atoms with van der Waals surface area (Å²) in [6.07, 6.45) is 0. The lowest BCUT2D eigenvalue weighted by Gasteiger charge is -2.51. The molecule has 2 aromatic carbocycles. The Labute approximate surface area is 189 Å². The number of amides is 2. The molecule has 3 atom stereocenters. The summed E-state index contributed by atoms with van der Waals surface area (Å²) >= 11 is 1.30. The fourth-order valence-electron chi connectivity index (χ4n) is 3.45. The number of carbonyl (C=O) groups is 3. The maximum atomic E-state index is 12.8. The topological polar surface area (TPSA) is 94.2 Å². The van der Waals surface area contributed by atoms with E-state index in [1.165, 1.54) is 23.8 Å². The normalized spacial score (nSPS) is 21.5. The standard InChI is InChI=1S/C23H22N2O6S/c1-29-17-14-32-22-19(24-18(26)13-30-16-10-6-3-7-11-16)21(27)25(22)20(17)23(28)31-12-15-8-4-2-5-9-15/h2-11,14,19-20,22H,12-13H2,1H3,(H,24,26)/t19-,20-,22-/m1/s1. The highest BCUT2D eigenvalue weighted by Gasteiger charge is 2.56. The van der Waals surface area contributed by atoms with Crippen molar-refractivity contribution in [3.63, 3.8) is 0 Å². The Balaban J connectivity index is 1.37. The molecule has 0 spiro atoms. The third-order valence-corrected chi connectivity index (χ3v) is 6.21. The fourth-order valence-corrected chi connectivity index (χ4v) is 4.65. The number of para-hydroxylation sites is 1. The number of rotatable bonds is 8. The van der Waals surface area contributed by atoms with Gasteiger partial charge < -0.3 is 24.4 Å². The van der Waals surface area contributed by atoms with E-state index in [4.69, 9.17) is 14.2 Å². The maximum Gasteiger partial charge on any atom is 0.337 e. The number of hydrogen-bond donors (Lipinski definition) is 1. The zero-order chi connectivity index (χ0) is 22.5. The predicted molar refractivity (Wildman–Crippen MR) is 117 cm³/mol. The highest BCUT2D eigenvalue weighted by Crippen LogP contribution is 2.40. The summed E-state index contributed by atoms with van der Waals surface area (Å²) in [5.41, 5.74) is 0.837. The van der Waals surface area contributed by atoms with Crippen molar-refractivity contribution in [1.29, 1.82) is 0 Å². The maximum absolute atomic E-state index is 12.8. The lowest BCUT2D eigenvalue weighted by Crippen LogP contribution is -2.74. The van der Waals surface area contributed by atoms with Gasteiger partial charge >= 0.3 is 5.97 Å². The summed E-state index contributed by atoms with van der Waals surface area (Å²) in [6.45, 7) is -0.128. The lowest BCUT2D eigenvalue weighted by atomic mass is 10.0. The molecular weight excluding hydrogens is 432 g/mol. The number of ether oxygens (including phenoxy) is 3. The van der Waals surface area contributed by atoms with Crippen LogP contribution in [0.15, 0.2) is 71.8 Å². The summed E-state index contributed by atoms with van der Waals surface area (Å²) < 4.78 is 16.2. The summed E-state index contributed by atoms with van der Waals surface area (Å²) in [4.78, 5) is 39.3. The number of thioether (sulfide) groups is 1. The third-order valence-electron chi connectivity index (χ3n) is 5.06. The van der Waals surface area contributed by atoms with E-state index in [1.54, 1.807) is 29.7 Å². The van der Waals surface area contributed by atoms with Crippen LogP contribution in [-0.4, -0.2) is 53.9 Å². The van der Waals surface area contributed by atoms with Crippen LogP contribution in [0.1, 0.15) is 5.56 Å². The molecule has 1 N–H and O–H groups in total. The van der Waals surface area contributed by atoms with Gasteiger partial charge in [0.05, 0.1) is 7.11 Å². The molecule has 0 aromatic heterocycles. The van der Waals surface area contributed by atoms with Gasteiger partial charge in [-0.3, -0.25) is 9.59 Å². The molecule has 2 amide bonds. The molecular formula is C23H22N2O6S. The summed E-state index contributed by atoms with van der Waals surface area (Å²) in [7, 11) is 1.44. The minimum Gasteiger partial charge on any atom is -0.498 e. The number of carbonyl (C=O) groups excluding carboxylic acids is 3. The molecule has 2 aromatic rings. The summed E-state index contributed by atoms with van der Waals surface area (Å²) in [5, 5.41) is 3.94. The molecule has 8 nitrogen and oxygen atoms in total. The van der Waals surface area contributed by atoms with Crippen molar-refractivity contribution in [1.82, 2.24) is 10.2 Å². The van der Waals surface area contributed by atoms with Crippen LogP contribution < -0.4 is 10.1 Å². The summed E-state index contributed by atoms with van der Waals surface area (Å²) in [5.74, 6) is -0.491. The highest BCUT2D eigenvalue weighted by atomic mass is 32.2. The van der Waals surface area contributed by atoms with Gasteiger partial charge in [-0.1, -0.05) is 48.5 Å². The Bertz CT molecular complexity index is 1010. The van der Waals surface area contributed by atoms with Crippen molar-refractivity contribution in [2.45, 2.75) is 24.1 Å². The van der Waals surface area contributed by atoms with Gasteiger partial charge in [-0.25, -0.2) is 4.79 Å². The largest absolute Gasteiger partial charge is 0.498 e. The molecule has 32 heavy (non-hydrogen) atoms. The molecule has 9 heteroatoms. The van der Waals surface area contributed by atoms with Gasteiger partial charge in [0.2, 0.25) is 5.91 Å².